The number of carbonyl (C=O) groups is 2. The summed E-state index contributed by atoms with van der Waals surface area (Å²) in [4.78, 5) is 23.2. The molecule has 0 fully saturated rings. The molecule has 2 amide bonds. The van der Waals surface area contributed by atoms with Gasteiger partial charge in [-0.25, -0.2) is 0 Å². The highest BCUT2D eigenvalue weighted by molar-refractivity contribution is 5.93. The number of anilines is 1. The fraction of sp³-hybridized carbons (Fsp3) is 0.167. The first-order chi connectivity index (χ1) is 7.65. The summed E-state index contributed by atoms with van der Waals surface area (Å²) in [6.45, 7) is 0. The number of para-hydroxylation sites is 1. The maximum Gasteiger partial charge on any atom is 0.246 e. The fourth-order valence-electron chi connectivity index (χ4n) is 1.15. The molecule has 0 heterocycles. The molecule has 0 aromatic heterocycles. The number of amides is 2. The van der Waals surface area contributed by atoms with Crippen molar-refractivity contribution in [1.82, 2.24) is 4.90 Å². The number of likely N-dealkylation sites (N-methyl/N-ethyl adjacent to an activating group) is 1. The Morgan fingerprint density at radius 2 is 2.00 bits per heavy atom. The maximum atomic E-state index is 11.3. The van der Waals surface area contributed by atoms with E-state index < -0.39 is 0 Å². The zero-order chi connectivity index (χ0) is 12.0. The lowest BCUT2D eigenvalue weighted by molar-refractivity contribution is -0.123. The van der Waals surface area contributed by atoms with Crippen LogP contribution in [0.5, 0.6) is 0 Å². The summed E-state index contributed by atoms with van der Waals surface area (Å²) in [5.74, 6) is -0.0964. The number of nitrogens with one attached hydrogen (secondary N) is 1. The van der Waals surface area contributed by atoms with Crippen LogP contribution in [0.2, 0.25) is 0 Å². The van der Waals surface area contributed by atoms with E-state index in [0.717, 1.165) is 5.56 Å². The number of hydrogen-bond donors (Lipinski definition) is 1. The van der Waals surface area contributed by atoms with Crippen LogP contribution in [0.4, 0.5) is 5.69 Å². The monoisotopic (exact) mass is 218 g/mol. The van der Waals surface area contributed by atoms with Crippen molar-refractivity contribution in [2.75, 3.05) is 19.4 Å². The molecule has 1 rings (SSSR count). The van der Waals surface area contributed by atoms with Crippen LogP contribution in [-0.2, 0) is 9.59 Å². The van der Waals surface area contributed by atoms with Crippen LogP contribution in [0.25, 0.3) is 6.08 Å². The third kappa shape index (κ3) is 3.24. The van der Waals surface area contributed by atoms with Gasteiger partial charge in [0.2, 0.25) is 12.3 Å². The lowest BCUT2D eigenvalue weighted by Crippen LogP contribution is -2.18. The third-order valence-corrected chi connectivity index (χ3v) is 2.02. The second-order valence-electron chi connectivity index (χ2n) is 3.42. The molecule has 0 radical (unpaired) electrons. The minimum absolute atomic E-state index is 0.0964. The highest BCUT2D eigenvalue weighted by atomic mass is 16.2. The first-order valence-corrected chi connectivity index (χ1v) is 4.83. The SMILES string of the molecule is CN(C)C(=O)/C=C/c1ccccc1NC=O. The van der Waals surface area contributed by atoms with E-state index in [9.17, 15) is 9.59 Å². The van der Waals surface area contributed by atoms with Crippen molar-refractivity contribution in [2.24, 2.45) is 0 Å². The van der Waals surface area contributed by atoms with Crippen molar-refractivity contribution < 1.29 is 9.59 Å². The van der Waals surface area contributed by atoms with Crippen molar-refractivity contribution in [3.05, 3.63) is 35.9 Å². The lowest BCUT2D eigenvalue weighted by Gasteiger charge is -2.06. The van der Waals surface area contributed by atoms with Crippen LogP contribution < -0.4 is 5.32 Å². The summed E-state index contributed by atoms with van der Waals surface area (Å²) in [5, 5.41) is 2.57. The maximum absolute atomic E-state index is 11.3. The van der Waals surface area contributed by atoms with E-state index in [0.29, 0.717) is 12.1 Å². The Bertz CT molecular complexity index is 411. The zero-order valence-corrected chi connectivity index (χ0v) is 9.31. The van der Waals surface area contributed by atoms with Gasteiger partial charge in [0.1, 0.15) is 0 Å². The molecule has 4 nitrogen and oxygen atoms in total. The second kappa shape index (κ2) is 5.70. The topological polar surface area (TPSA) is 49.4 Å². The molecule has 1 N–H and O–H groups in total. The van der Waals surface area contributed by atoms with Gasteiger partial charge < -0.3 is 10.2 Å². The molecule has 0 atom stereocenters. The van der Waals surface area contributed by atoms with Crippen LogP contribution >= 0.6 is 0 Å². The molecule has 1 aromatic rings. The summed E-state index contributed by atoms with van der Waals surface area (Å²) < 4.78 is 0. The Hall–Kier alpha value is -2.10. The molecule has 0 aliphatic heterocycles. The quantitative estimate of drug-likeness (QED) is 0.612. The van der Waals surface area contributed by atoms with Gasteiger partial charge in [-0.2, -0.15) is 0 Å². The molecular weight excluding hydrogens is 204 g/mol. The predicted molar refractivity (Wildman–Crippen MR) is 63.9 cm³/mol. The standard InChI is InChI=1S/C12H14N2O2/c1-14(2)12(16)8-7-10-5-3-4-6-11(10)13-9-15/h3-9H,1-2H3,(H,13,15)/b8-7+. The lowest BCUT2D eigenvalue weighted by atomic mass is 10.1. The Labute approximate surface area is 94.6 Å². The first-order valence-electron chi connectivity index (χ1n) is 4.83. The molecule has 0 bridgehead atoms. The Morgan fingerprint density at radius 1 is 1.31 bits per heavy atom. The van der Waals surface area contributed by atoms with Crippen LogP contribution in [0.3, 0.4) is 0 Å². The minimum atomic E-state index is -0.0964. The molecule has 1 aromatic carbocycles. The van der Waals surface area contributed by atoms with Gasteiger partial charge in [0, 0.05) is 25.9 Å². The van der Waals surface area contributed by atoms with Gasteiger partial charge >= 0.3 is 0 Å². The highest BCUT2D eigenvalue weighted by Crippen LogP contribution is 2.15. The number of carbonyl (C=O) groups excluding carboxylic acids is 2. The predicted octanol–water partition coefficient (Wildman–Crippen LogP) is 1.36. The van der Waals surface area contributed by atoms with Gasteiger partial charge in [0.05, 0.1) is 0 Å². The van der Waals surface area contributed by atoms with Crippen molar-refractivity contribution >= 4 is 24.1 Å². The molecule has 84 valence electrons. The van der Waals surface area contributed by atoms with Crippen LogP contribution in [-0.4, -0.2) is 31.3 Å². The molecule has 0 aliphatic rings. The van der Waals surface area contributed by atoms with E-state index in [1.54, 1.807) is 26.2 Å². The van der Waals surface area contributed by atoms with E-state index in [-0.39, 0.29) is 5.91 Å². The third-order valence-electron chi connectivity index (χ3n) is 2.02. The number of hydrogen-bond acceptors (Lipinski definition) is 2. The molecule has 16 heavy (non-hydrogen) atoms. The fourth-order valence-corrected chi connectivity index (χ4v) is 1.15. The van der Waals surface area contributed by atoms with Crippen LogP contribution in [0, 0.1) is 0 Å². The zero-order valence-electron chi connectivity index (χ0n) is 9.31. The number of rotatable bonds is 4. The number of benzene rings is 1. The highest BCUT2D eigenvalue weighted by Gasteiger charge is 1.99. The number of nitrogens with zero attached hydrogens (tertiary/aromatic N) is 1. The van der Waals surface area contributed by atoms with Gasteiger partial charge in [-0.3, -0.25) is 9.59 Å². The van der Waals surface area contributed by atoms with Gasteiger partial charge in [-0.05, 0) is 17.7 Å². The van der Waals surface area contributed by atoms with Gasteiger partial charge in [-0.1, -0.05) is 18.2 Å². The average Bonchev–Trinajstić information content (AvgIpc) is 2.27. The van der Waals surface area contributed by atoms with Gasteiger partial charge in [-0.15, -0.1) is 0 Å². The Balaban J connectivity index is 2.87. The summed E-state index contributed by atoms with van der Waals surface area (Å²) in [6.07, 6.45) is 3.75. The van der Waals surface area contributed by atoms with Crippen molar-refractivity contribution in [3.8, 4) is 0 Å². The summed E-state index contributed by atoms with van der Waals surface area (Å²) >= 11 is 0. The van der Waals surface area contributed by atoms with Crippen molar-refractivity contribution in [1.29, 1.82) is 0 Å². The van der Waals surface area contributed by atoms with E-state index in [1.165, 1.54) is 11.0 Å². The molecule has 0 saturated carbocycles. The van der Waals surface area contributed by atoms with E-state index in [2.05, 4.69) is 5.32 Å². The summed E-state index contributed by atoms with van der Waals surface area (Å²) in [7, 11) is 3.37. The molecular formula is C12H14N2O2. The average molecular weight is 218 g/mol. The van der Waals surface area contributed by atoms with Gasteiger partial charge in [0.15, 0.2) is 0 Å². The Morgan fingerprint density at radius 3 is 2.62 bits per heavy atom. The minimum Gasteiger partial charge on any atom is -0.345 e. The summed E-state index contributed by atoms with van der Waals surface area (Å²) in [5.41, 5.74) is 1.48. The smallest absolute Gasteiger partial charge is 0.246 e. The van der Waals surface area contributed by atoms with Gasteiger partial charge in [0.25, 0.3) is 0 Å². The Kier molecular flexibility index (Phi) is 4.27. The van der Waals surface area contributed by atoms with Crippen LogP contribution in [0.15, 0.2) is 30.3 Å². The second-order valence-corrected chi connectivity index (χ2v) is 3.42. The molecule has 0 unspecified atom stereocenters. The van der Waals surface area contributed by atoms with E-state index >= 15 is 0 Å². The first kappa shape index (κ1) is 12.0. The van der Waals surface area contributed by atoms with Crippen molar-refractivity contribution in [3.63, 3.8) is 0 Å². The van der Waals surface area contributed by atoms with E-state index in [4.69, 9.17) is 0 Å². The molecule has 0 spiro atoms. The largest absolute Gasteiger partial charge is 0.345 e. The molecule has 4 heteroatoms. The van der Waals surface area contributed by atoms with Crippen molar-refractivity contribution in [2.45, 2.75) is 0 Å². The van der Waals surface area contributed by atoms with E-state index in [1.807, 2.05) is 18.2 Å². The summed E-state index contributed by atoms with van der Waals surface area (Å²) in [6, 6.07) is 7.26. The molecule has 0 saturated heterocycles. The van der Waals surface area contributed by atoms with Crippen LogP contribution in [0.1, 0.15) is 5.56 Å². The normalized spacial score (nSPS) is 10.1. The molecule has 0 aliphatic carbocycles.